The van der Waals surface area contributed by atoms with Gasteiger partial charge in [-0.2, -0.15) is 18.2 Å². The van der Waals surface area contributed by atoms with Crippen molar-refractivity contribution in [1.82, 2.24) is 4.98 Å². The van der Waals surface area contributed by atoms with E-state index in [1.807, 2.05) is 0 Å². The molecule has 4 nitrogen and oxygen atoms in total. The van der Waals surface area contributed by atoms with E-state index in [0.29, 0.717) is 0 Å². The Balaban J connectivity index is 3.66. The van der Waals surface area contributed by atoms with E-state index in [4.69, 9.17) is 22.3 Å². The largest absolute Gasteiger partial charge is 0.574 e. The first-order valence-electron chi connectivity index (χ1n) is 4.63. The maximum atomic E-state index is 12.7. The molecule has 1 aromatic rings. The van der Waals surface area contributed by atoms with Crippen LogP contribution in [0.1, 0.15) is 11.1 Å². The highest BCUT2D eigenvalue weighted by atomic mass is 35.7. The highest BCUT2D eigenvalue weighted by Crippen LogP contribution is 2.39. The molecule has 1 rings (SSSR count). The van der Waals surface area contributed by atoms with Gasteiger partial charge in [0.15, 0.2) is 5.03 Å². The zero-order chi connectivity index (χ0) is 16.6. The molecule has 0 fully saturated rings. The van der Waals surface area contributed by atoms with Crippen LogP contribution in [0.25, 0.3) is 0 Å². The van der Waals surface area contributed by atoms with E-state index in [2.05, 4.69) is 9.72 Å². The van der Waals surface area contributed by atoms with E-state index in [9.17, 15) is 34.8 Å². The summed E-state index contributed by atoms with van der Waals surface area (Å²) in [7, 11) is 0.161. The summed E-state index contributed by atoms with van der Waals surface area (Å²) in [6, 6.07) is 0.0797. The second kappa shape index (κ2) is 5.69. The zero-order valence-electron chi connectivity index (χ0n) is 9.39. The second-order valence-corrected chi connectivity index (χ2v) is 6.17. The van der Waals surface area contributed by atoms with Crippen molar-refractivity contribution in [2.45, 2.75) is 23.4 Å². The summed E-state index contributed by atoms with van der Waals surface area (Å²) >= 11 is 5.25. The van der Waals surface area contributed by atoms with Gasteiger partial charge in [0, 0.05) is 16.2 Å². The van der Waals surface area contributed by atoms with Crippen LogP contribution in [0, 0.1) is 0 Å². The number of ether oxygens (including phenoxy) is 1. The summed E-state index contributed by atoms with van der Waals surface area (Å²) in [6.07, 6.45) is -10.8. The van der Waals surface area contributed by atoms with Gasteiger partial charge in [0.25, 0.3) is 9.05 Å². The molecule has 0 unspecified atom stereocenters. The average Bonchev–Trinajstić information content (AvgIpc) is 2.23. The van der Waals surface area contributed by atoms with Crippen LogP contribution in [0.15, 0.2) is 11.1 Å². The molecule has 21 heavy (non-hydrogen) atoms. The lowest BCUT2D eigenvalue weighted by Crippen LogP contribution is -2.22. The molecular formula is C8H3Cl2F6NO3S. The van der Waals surface area contributed by atoms with Crippen molar-refractivity contribution < 1.29 is 39.5 Å². The molecule has 0 spiro atoms. The van der Waals surface area contributed by atoms with Gasteiger partial charge < -0.3 is 4.74 Å². The summed E-state index contributed by atoms with van der Waals surface area (Å²) in [6.45, 7) is 0. The average molecular weight is 378 g/mol. The minimum Gasteiger partial charge on any atom is -0.387 e. The molecule has 13 heteroatoms. The van der Waals surface area contributed by atoms with Gasteiger partial charge in [0.05, 0.1) is 5.88 Å². The Bertz CT molecular complexity index is 643. The Morgan fingerprint density at radius 3 is 2.05 bits per heavy atom. The molecule has 120 valence electrons. The van der Waals surface area contributed by atoms with Crippen LogP contribution in [0.3, 0.4) is 0 Å². The first-order valence-corrected chi connectivity index (χ1v) is 7.47. The van der Waals surface area contributed by atoms with Crippen LogP contribution < -0.4 is 4.74 Å². The number of aromatic nitrogens is 1. The molecule has 0 radical (unpaired) electrons. The van der Waals surface area contributed by atoms with Gasteiger partial charge in [-0.15, -0.1) is 24.8 Å². The second-order valence-electron chi connectivity index (χ2n) is 3.42. The first-order chi connectivity index (χ1) is 9.25. The van der Waals surface area contributed by atoms with E-state index in [-0.39, 0.29) is 6.07 Å². The molecular weight excluding hydrogens is 375 g/mol. The molecule has 0 saturated heterocycles. The summed E-state index contributed by atoms with van der Waals surface area (Å²) in [5.41, 5.74) is -2.65. The fraction of sp³-hybridized carbons (Fsp3) is 0.375. The summed E-state index contributed by atoms with van der Waals surface area (Å²) in [5, 5.41) is -1.24. The molecule has 0 aromatic carbocycles. The topological polar surface area (TPSA) is 56.3 Å². The van der Waals surface area contributed by atoms with Crippen LogP contribution >= 0.6 is 22.3 Å². The normalized spacial score (nSPS) is 13.3. The van der Waals surface area contributed by atoms with Crippen molar-refractivity contribution in [2.75, 3.05) is 0 Å². The number of halogens is 8. The number of alkyl halides is 7. The zero-order valence-corrected chi connectivity index (χ0v) is 11.7. The number of pyridine rings is 1. The third-order valence-corrected chi connectivity index (χ3v) is 3.46. The van der Waals surface area contributed by atoms with Crippen molar-refractivity contribution >= 4 is 31.3 Å². The predicted octanol–water partition coefficient (Wildman–Crippen LogP) is 3.67. The molecule has 0 aliphatic heterocycles. The number of rotatable bonds is 3. The van der Waals surface area contributed by atoms with Crippen LogP contribution in [-0.2, 0) is 21.1 Å². The van der Waals surface area contributed by atoms with Crippen LogP contribution in [0.4, 0.5) is 26.3 Å². The first kappa shape index (κ1) is 18.1. The molecule has 0 N–H and O–H groups in total. The fourth-order valence-corrected chi connectivity index (χ4v) is 2.54. The van der Waals surface area contributed by atoms with Crippen molar-refractivity contribution in [1.29, 1.82) is 0 Å². The quantitative estimate of drug-likeness (QED) is 0.458. The maximum Gasteiger partial charge on any atom is 0.574 e. The lowest BCUT2D eigenvalue weighted by molar-refractivity contribution is -0.278. The SMILES string of the molecule is O=S(=O)(Cl)c1nc(OC(F)(F)F)c(C(F)(F)F)cc1CCl. The van der Waals surface area contributed by atoms with Gasteiger partial charge in [-0.1, -0.05) is 0 Å². The summed E-state index contributed by atoms with van der Waals surface area (Å²) in [4.78, 5) is 2.70. The third kappa shape index (κ3) is 4.78. The Labute approximate surface area is 123 Å². The summed E-state index contributed by atoms with van der Waals surface area (Å²) < 4.78 is 99.5. The molecule has 1 aromatic heterocycles. The molecule has 0 aliphatic carbocycles. The minimum atomic E-state index is -5.51. The minimum absolute atomic E-state index is 0.0797. The Kier molecular flexibility index (Phi) is 4.91. The van der Waals surface area contributed by atoms with Gasteiger partial charge in [-0.25, -0.2) is 8.42 Å². The highest BCUT2D eigenvalue weighted by Gasteiger charge is 2.42. The fourth-order valence-electron chi connectivity index (χ4n) is 1.22. The van der Waals surface area contributed by atoms with Gasteiger partial charge >= 0.3 is 12.5 Å². The predicted molar refractivity (Wildman–Crippen MR) is 58.5 cm³/mol. The molecule has 0 saturated carbocycles. The van der Waals surface area contributed by atoms with E-state index in [1.165, 1.54) is 0 Å². The molecule has 0 aliphatic rings. The van der Waals surface area contributed by atoms with Crippen molar-refractivity contribution in [3.8, 4) is 5.88 Å². The number of hydrogen-bond donors (Lipinski definition) is 0. The van der Waals surface area contributed by atoms with Crippen LogP contribution in [0.5, 0.6) is 5.88 Å². The Hall–Kier alpha value is -0.940. The van der Waals surface area contributed by atoms with Crippen molar-refractivity contribution in [3.63, 3.8) is 0 Å². The van der Waals surface area contributed by atoms with E-state index >= 15 is 0 Å². The summed E-state index contributed by atoms with van der Waals surface area (Å²) in [5.74, 6) is -2.76. The highest BCUT2D eigenvalue weighted by molar-refractivity contribution is 8.13. The molecule has 0 bridgehead atoms. The van der Waals surface area contributed by atoms with Gasteiger partial charge in [-0.3, -0.25) is 0 Å². The van der Waals surface area contributed by atoms with Gasteiger partial charge in [-0.05, 0) is 6.07 Å². The van der Waals surface area contributed by atoms with Crippen LogP contribution in [0.2, 0.25) is 0 Å². The molecule has 0 amide bonds. The molecule has 1 heterocycles. The molecule has 0 atom stereocenters. The Morgan fingerprint density at radius 2 is 1.71 bits per heavy atom. The number of nitrogens with zero attached hydrogens (tertiary/aromatic N) is 1. The smallest absolute Gasteiger partial charge is 0.387 e. The standard InChI is InChI=1S/C8H3Cl2F6NO3S/c9-2-3-1-4(7(11,12)13)5(20-8(14,15)16)17-6(3)21(10,18)19/h1H,2H2. The van der Waals surface area contributed by atoms with Crippen LogP contribution in [-0.4, -0.2) is 19.8 Å². The maximum absolute atomic E-state index is 12.7. The lowest BCUT2D eigenvalue weighted by Gasteiger charge is -2.16. The third-order valence-electron chi connectivity index (χ3n) is 1.92. The lowest BCUT2D eigenvalue weighted by atomic mass is 10.2. The van der Waals surface area contributed by atoms with Crippen molar-refractivity contribution in [2.24, 2.45) is 0 Å². The van der Waals surface area contributed by atoms with E-state index in [1.54, 1.807) is 0 Å². The van der Waals surface area contributed by atoms with Crippen molar-refractivity contribution in [3.05, 3.63) is 17.2 Å². The van der Waals surface area contributed by atoms with Gasteiger partial charge in [0.2, 0.25) is 5.88 Å². The van der Waals surface area contributed by atoms with E-state index < -0.39 is 49.5 Å². The Morgan fingerprint density at radius 1 is 1.19 bits per heavy atom. The van der Waals surface area contributed by atoms with E-state index in [0.717, 1.165) is 0 Å². The monoisotopic (exact) mass is 377 g/mol. The van der Waals surface area contributed by atoms with Gasteiger partial charge in [0.1, 0.15) is 5.56 Å². The number of hydrogen-bond acceptors (Lipinski definition) is 4.